The average Bonchev–Trinajstić information content (AvgIpc) is 3.83. The van der Waals surface area contributed by atoms with Crippen LogP contribution in [-0.2, 0) is 30.5 Å². The zero-order chi connectivity index (χ0) is 33.6. The summed E-state index contributed by atoms with van der Waals surface area (Å²) in [5.74, 6) is -4.02. The van der Waals surface area contributed by atoms with Gasteiger partial charge in [-0.05, 0) is 31.4 Å². The predicted molar refractivity (Wildman–Crippen MR) is 159 cm³/mol. The number of aliphatic carboxylic acids is 1. The summed E-state index contributed by atoms with van der Waals surface area (Å²) in [6.45, 7) is 2.14. The average molecular weight is 691 g/mol. The smallest absolute Gasteiger partial charge is 0.477 e. The first-order valence-corrected chi connectivity index (χ1v) is 15.8. The highest BCUT2D eigenvalue weighted by Gasteiger charge is 2.54. The van der Waals surface area contributed by atoms with Gasteiger partial charge < -0.3 is 44.7 Å². The van der Waals surface area contributed by atoms with Gasteiger partial charge in [0.1, 0.15) is 17.1 Å². The van der Waals surface area contributed by atoms with Crippen LogP contribution in [0.5, 0.6) is 0 Å². The molecule has 3 fully saturated rings. The van der Waals surface area contributed by atoms with Crippen molar-refractivity contribution in [3.63, 3.8) is 0 Å². The number of hydrogen-bond acceptors (Lipinski definition) is 16. The molecule has 2 aromatic rings. The molecule has 21 heteroatoms. The molecule has 47 heavy (non-hydrogen) atoms. The van der Waals surface area contributed by atoms with E-state index < -0.39 is 46.8 Å². The van der Waals surface area contributed by atoms with Gasteiger partial charge in [-0.1, -0.05) is 5.16 Å². The molecule has 0 aromatic carbocycles. The summed E-state index contributed by atoms with van der Waals surface area (Å²) < 4.78 is 18.6. The molecule has 4 aliphatic heterocycles. The molecule has 0 bridgehead atoms. The van der Waals surface area contributed by atoms with E-state index in [0.29, 0.717) is 31.5 Å². The molecule has 6 heterocycles. The van der Waals surface area contributed by atoms with Gasteiger partial charge in [-0.3, -0.25) is 19.3 Å². The van der Waals surface area contributed by atoms with Crippen LogP contribution in [0.15, 0.2) is 41.7 Å². The number of aromatic nitrogens is 2. The largest absolute Gasteiger partial charge is 0.519 e. The Morgan fingerprint density at radius 1 is 1.23 bits per heavy atom. The Kier molecular flexibility index (Phi) is 8.49. The molecule has 248 valence electrons. The van der Waals surface area contributed by atoms with E-state index in [1.54, 1.807) is 4.90 Å². The number of nitrogens with one attached hydrogen (secondary N) is 1. The van der Waals surface area contributed by atoms with E-state index in [0.717, 1.165) is 16.4 Å². The van der Waals surface area contributed by atoms with Gasteiger partial charge in [0, 0.05) is 42.5 Å². The van der Waals surface area contributed by atoms with E-state index in [1.165, 1.54) is 29.7 Å². The number of anilines is 1. The number of hydrogen-bond donors (Lipinski definition) is 4. The third-order valence-electron chi connectivity index (χ3n) is 7.99. The zero-order valence-electron chi connectivity index (χ0n) is 24.4. The minimum Gasteiger partial charge on any atom is -0.477 e. The minimum absolute atomic E-state index is 0.0324. The highest BCUT2D eigenvalue weighted by atomic mass is 32.2. The van der Waals surface area contributed by atoms with Gasteiger partial charge in [-0.15, -0.1) is 11.8 Å². The van der Waals surface area contributed by atoms with E-state index >= 15 is 0 Å². The standard InChI is InChI=1S/C26H26N8O11S2/c1-10-14(45-26(41)44-10)8-43-25(40)32-4-3-13(7-32)33-5-2-11(20(33)36)6-12-9-46-22-16(21(37)34(22)17(12)23(38)39)28-19(35)15(30-42)18-29-24(27)47-31-18/h6,13,16,22,42H,2-5,7-9H2,1H3,(H,28,35)(H,38,39)(H2,27,29,31)/b11-6+,30-15-/t13-,16-,22?/m1/s1. The van der Waals surface area contributed by atoms with Crippen molar-refractivity contribution < 1.29 is 47.9 Å². The number of nitrogens with zero attached hydrogens (tertiary/aromatic N) is 6. The molecular formula is C26H26N8O11S2. The van der Waals surface area contributed by atoms with Gasteiger partial charge in [0.15, 0.2) is 23.3 Å². The van der Waals surface area contributed by atoms with Crippen LogP contribution >= 0.6 is 23.3 Å². The summed E-state index contributed by atoms with van der Waals surface area (Å²) in [5.41, 5.74) is 5.29. The van der Waals surface area contributed by atoms with Gasteiger partial charge in [0.25, 0.3) is 11.8 Å². The third kappa shape index (κ3) is 5.93. The zero-order valence-corrected chi connectivity index (χ0v) is 26.0. The SMILES string of the molecule is Cc1oc(=O)oc1COC(=O)N1CC[C@@H](N2CC/C(=C\C3=C(C(=O)O)N4C(=O)[C@@H](NC(=O)/C(=N\O)c5nsc(N)n5)C4SC3)C2=O)C1. The maximum Gasteiger partial charge on any atom is 0.519 e. The monoisotopic (exact) mass is 690 g/mol. The van der Waals surface area contributed by atoms with Crippen molar-refractivity contribution in [2.45, 2.75) is 43.8 Å². The molecule has 6 rings (SSSR count). The fourth-order valence-electron chi connectivity index (χ4n) is 5.70. The number of carbonyl (C=O) groups is 5. The lowest BCUT2D eigenvalue weighted by atomic mass is 10.0. The van der Waals surface area contributed by atoms with E-state index in [2.05, 4.69) is 19.8 Å². The molecule has 4 amide bonds. The van der Waals surface area contributed by atoms with Crippen LogP contribution in [0.4, 0.5) is 9.93 Å². The first-order valence-electron chi connectivity index (χ1n) is 14.0. The number of allylic oxidation sites excluding steroid dienone is 1. The number of fused-ring (bicyclic) bond motifs is 1. The second kappa shape index (κ2) is 12.5. The van der Waals surface area contributed by atoms with Gasteiger partial charge in [0.2, 0.25) is 17.4 Å². The van der Waals surface area contributed by atoms with Gasteiger partial charge >= 0.3 is 17.9 Å². The number of nitrogens with two attached hydrogens (primary N) is 1. The van der Waals surface area contributed by atoms with Crippen LogP contribution < -0.4 is 16.9 Å². The molecule has 0 saturated carbocycles. The van der Waals surface area contributed by atoms with Crippen molar-refractivity contribution in [3.05, 3.63) is 50.9 Å². The van der Waals surface area contributed by atoms with E-state index in [-0.39, 0.29) is 64.6 Å². The lowest BCUT2D eigenvalue weighted by molar-refractivity contribution is -0.150. The Labute approximate surface area is 271 Å². The number of oxime groups is 1. The number of rotatable bonds is 8. The van der Waals surface area contributed by atoms with Crippen LogP contribution in [0.2, 0.25) is 0 Å². The van der Waals surface area contributed by atoms with Crippen molar-refractivity contribution in [1.29, 1.82) is 0 Å². The maximum absolute atomic E-state index is 13.4. The molecule has 0 radical (unpaired) electrons. The van der Waals surface area contributed by atoms with Crippen LogP contribution in [0.25, 0.3) is 0 Å². The second-order valence-corrected chi connectivity index (χ2v) is 12.6. The van der Waals surface area contributed by atoms with Crippen molar-refractivity contribution in [2.24, 2.45) is 5.16 Å². The number of β-lactam (4-membered cyclic amide) rings is 1. The topological polar surface area (TPSA) is 264 Å². The number of ether oxygens (including phenoxy) is 1. The fourth-order valence-corrected chi connectivity index (χ4v) is 7.44. The number of carbonyl (C=O) groups excluding carboxylic acids is 4. The Hall–Kier alpha value is -5.18. The lowest BCUT2D eigenvalue weighted by Gasteiger charge is -2.49. The summed E-state index contributed by atoms with van der Waals surface area (Å²) in [6, 6.07) is -1.41. The maximum atomic E-state index is 13.4. The number of carboxylic acids is 1. The first kappa shape index (κ1) is 31.8. The predicted octanol–water partition coefficient (Wildman–Crippen LogP) is -0.538. The third-order valence-corrected chi connectivity index (χ3v) is 9.83. The van der Waals surface area contributed by atoms with Crippen LogP contribution in [0, 0.1) is 6.92 Å². The number of nitrogen functional groups attached to an aromatic ring is 1. The number of likely N-dealkylation sites (tertiary alicyclic amines) is 2. The quantitative estimate of drug-likeness (QED) is 0.0891. The van der Waals surface area contributed by atoms with Crippen molar-refractivity contribution in [2.75, 3.05) is 31.1 Å². The normalized spacial score (nSPS) is 23.8. The summed E-state index contributed by atoms with van der Waals surface area (Å²) >= 11 is 1.97. The second-order valence-electron chi connectivity index (χ2n) is 10.7. The minimum atomic E-state index is -1.38. The Bertz CT molecular complexity index is 1830. The van der Waals surface area contributed by atoms with Crippen molar-refractivity contribution >= 4 is 63.9 Å². The fraction of sp³-hybridized carbons (Fsp3) is 0.423. The van der Waals surface area contributed by atoms with Gasteiger partial charge in [0.05, 0.1) is 6.04 Å². The molecule has 0 aliphatic carbocycles. The van der Waals surface area contributed by atoms with Gasteiger partial charge in [-0.25, -0.2) is 14.4 Å². The number of carboxylic acid groups (broad SMARTS) is 1. The van der Waals surface area contributed by atoms with Crippen molar-refractivity contribution in [3.8, 4) is 0 Å². The summed E-state index contributed by atoms with van der Waals surface area (Å²) in [5, 5.41) is 24.0. The Morgan fingerprint density at radius 2 is 2.02 bits per heavy atom. The molecule has 19 nitrogen and oxygen atoms in total. The van der Waals surface area contributed by atoms with Crippen LogP contribution in [0.1, 0.15) is 30.2 Å². The molecular weight excluding hydrogens is 664 g/mol. The van der Waals surface area contributed by atoms with Gasteiger partial charge in [-0.2, -0.15) is 9.36 Å². The summed E-state index contributed by atoms with van der Waals surface area (Å²) in [6.07, 6.45) is 1.68. The lowest BCUT2D eigenvalue weighted by Crippen LogP contribution is -2.71. The molecule has 3 saturated heterocycles. The molecule has 1 unspecified atom stereocenters. The van der Waals surface area contributed by atoms with E-state index in [1.807, 2.05) is 0 Å². The number of amides is 4. The number of thioether (sulfide) groups is 1. The highest BCUT2D eigenvalue weighted by molar-refractivity contribution is 8.00. The van der Waals surface area contributed by atoms with Crippen LogP contribution in [0.3, 0.4) is 0 Å². The molecule has 2 aromatic heterocycles. The van der Waals surface area contributed by atoms with E-state index in [9.17, 15) is 39.1 Å². The molecule has 4 aliphatic rings. The molecule has 3 atom stereocenters. The first-order chi connectivity index (χ1) is 22.5. The summed E-state index contributed by atoms with van der Waals surface area (Å²) in [7, 11) is 0. The molecule has 5 N–H and O–H groups in total. The summed E-state index contributed by atoms with van der Waals surface area (Å²) in [4.78, 5) is 83.2. The molecule has 0 spiro atoms. The number of aryl methyl sites for hydroxylation is 1. The highest BCUT2D eigenvalue weighted by Crippen LogP contribution is 2.41. The van der Waals surface area contributed by atoms with E-state index in [4.69, 9.17) is 19.3 Å². The Balaban J connectivity index is 1.09. The van der Waals surface area contributed by atoms with Crippen molar-refractivity contribution in [1.82, 2.24) is 29.4 Å². The Morgan fingerprint density at radius 3 is 2.68 bits per heavy atom. The van der Waals surface area contributed by atoms with Crippen LogP contribution in [-0.4, -0.2) is 113 Å².